The number of alkyl halides is 1. The summed E-state index contributed by atoms with van der Waals surface area (Å²) in [5, 5.41) is 2.86. The molecule has 0 unspecified atom stereocenters. The van der Waals surface area contributed by atoms with Crippen LogP contribution in [0.15, 0.2) is 30.3 Å². The van der Waals surface area contributed by atoms with Gasteiger partial charge in [0.2, 0.25) is 5.91 Å². The molecule has 18 heavy (non-hydrogen) atoms. The number of carbonyl (C=O) groups is 1. The summed E-state index contributed by atoms with van der Waals surface area (Å²) in [7, 11) is 0. The van der Waals surface area contributed by atoms with E-state index in [0.717, 1.165) is 12.2 Å². The maximum Gasteiger partial charge on any atom is 0.226 e. The zero-order valence-electron chi connectivity index (χ0n) is 10.9. The molecular weight excluding hydrogens is 250 g/mol. The van der Waals surface area contributed by atoms with Crippen LogP contribution < -0.4 is 10.1 Å². The third kappa shape index (κ3) is 4.96. The fourth-order valence-electron chi connectivity index (χ4n) is 1.28. The zero-order chi connectivity index (χ0) is 13.4. The third-order valence-corrected chi connectivity index (χ3v) is 3.24. The van der Waals surface area contributed by atoms with Crippen LogP contribution >= 0.6 is 11.6 Å². The summed E-state index contributed by atoms with van der Waals surface area (Å²) in [6.07, 6.45) is 0.777. The Bertz CT molecular complexity index is 365. The van der Waals surface area contributed by atoms with Crippen molar-refractivity contribution in [1.82, 2.24) is 5.32 Å². The van der Waals surface area contributed by atoms with Crippen LogP contribution in [0, 0.1) is 5.41 Å². The largest absolute Gasteiger partial charge is 0.494 e. The average Bonchev–Trinajstić information content (AvgIpc) is 2.39. The smallest absolute Gasteiger partial charge is 0.226 e. The summed E-state index contributed by atoms with van der Waals surface area (Å²) in [6, 6.07) is 9.63. The predicted octanol–water partition coefficient (Wildman–Crippen LogP) is 2.84. The van der Waals surface area contributed by atoms with E-state index in [9.17, 15) is 4.79 Å². The number of benzene rings is 1. The molecule has 3 nitrogen and oxygen atoms in total. The van der Waals surface area contributed by atoms with Crippen LogP contribution in [0.4, 0.5) is 0 Å². The van der Waals surface area contributed by atoms with E-state index in [0.29, 0.717) is 19.0 Å². The molecule has 0 aliphatic carbocycles. The van der Waals surface area contributed by atoms with Gasteiger partial charge in [-0.25, -0.2) is 0 Å². The van der Waals surface area contributed by atoms with Crippen LogP contribution in [0.1, 0.15) is 20.3 Å². The SMILES string of the molecule is CC(C)(CCl)C(=O)NCCCOc1ccccc1. The highest BCUT2D eigenvalue weighted by Gasteiger charge is 2.25. The molecule has 0 radical (unpaired) electrons. The van der Waals surface area contributed by atoms with Crippen LogP contribution in [0.25, 0.3) is 0 Å². The molecule has 0 fully saturated rings. The maximum atomic E-state index is 11.7. The lowest BCUT2D eigenvalue weighted by Gasteiger charge is -2.20. The van der Waals surface area contributed by atoms with Crippen molar-refractivity contribution >= 4 is 17.5 Å². The molecule has 0 saturated heterocycles. The molecule has 0 atom stereocenters. The van der Waals surface area contributed by atoms with E-state index in [2.05, 4.69) is 5.32 Å². The van der Waals surface area contributed by atoms with Crippen LogP contribution in [0.5, 0.6) is 5.75 Å². The second kappa shape index (κ2) is 7.27. The fourth-order valence-corrected chi connectivity index (χ4v) is 1.40. The van der Waals surface area contributed by atoms with Gasteiger partial charge in [-0.05, 0) is 32.4 Å². The number of hydrogen-bond acceptors (Lipinski definition) is 2. The summed E-state index contributed by atoms with van der Waals surface area (Å²) in [5.74, 6) is 1.15. The van der Waals surface area contributed by atoms with E-state index in [1.54, 1.807) is 0 Å². The lowest BCUT2D eigenvalue weighted by molar-refractivity contribution is -0.128. The highest BCUT2D eigenvalue weighted by atomic mass is 35.5. The predicted molar refractivity (Wildman–Crippen MR) is 74.1 cm³/mol. The Hall–Kier alpha value is -1.22. The van der Waals surface area contributed by atoms with E-state index >= 15 is 0 Å². The molecule has 0 aliphatic rings. The van der Waals surface area contributed by atoms with Gasteiger partial charge < -0.3 is 10.1 Å². The Morgan fingerprint density at radius 3 is 2.61 bits per heavy atom. The quantitative estimate of drug-likeness (QED) is 0.611. The first-order valence-corrected chi connectivity index (χ1v) is 6.62. The first-order chi connectivity index (χ1) is 8.56. The normalized spacial score (nSPS) is 11.1. The Balaban J connectivity index is 2.14. The topological polar surface area (TPSA) is 38.3 Å². The van der Waals surface area contributed by atoms with E-state index in [-0.39, 0.29) is 5.91 Å². The van der Waals surface area contributed by atoms with E-state index < -0.39 is 5.41 Å². The molecule has 1 N–H and O–H groups in total. The molecule has 1 aromatic rings. The number of para-hydroxylation sites is 1. The van der Waals surface area contributed by atoms with Gasteiger partial charge in [0.15, 0.2) is 0 Å². The van der Waals surface area contributed by atoms with Crippen molar-refractivity contribution < 1.29 is 9.53 Å². The average molecular weight is 270 g/mol. The Labute approximate surface area is 113 Å². The van der Waals surface area contributed by atoms with Crippen LogP contribution in [-0.2, 0) is 4.79 Å². The lowest BCUT2D eigenvalue weighted by atomic mass is 9.95. The molecule has 4 heteroatoms. The molecule has 0 bridgehead atoms. The number of hydrogen-bond donors (Lipinski definition) is 1. The maximum absolute atomic E-state index is 11.7. The van der Waals surface area contributed by atoms with Gasteiger partial charge in [-0.1, -0.05) is 18.2 Å². The van der Waals surface area contributed by atoms with Gasteiger partial charge in [0.1, 0.15) is 5.75 Å². The van der Waals surface area contributed by atoms with Crippen LogP contribution in [-0.4, -0.2) is 24.9 Å². The van der Waals surface area contributed by atoms with Crippen molar-refractivity contribution in [3.8, 4) is 5.75 Å². The van der Waals surface area contributed by atoms with Gasteiger partial charge >= 0.3 is 0 Å². The molecule has 100 valence electrons. The third-order valence-electron chi connectivity index (χ3n) is 2.57. The zero-order valence-corrected chi connectivity index (χ0v) is 11.7. The van der Waals surface area contributed by atoms with Crippen molar-refractivity contribution in [2.24, 2.45) is 5.41 Å². The molecule has 0 aromatic heterocycles. The number of halogens is 1. The van der Waals surface area contributed by atoms with Crippen molar-refractivity contribution in [3.05, 3.63) is 30.3 Å². The van der Waals surface area contributed by atoms with E-state index in [4.69, 9.17) is 16.3 Å². The molecule has 1 aromatic carbocycles. The monoisotopic (exact) mass is 269 g/mol. The molecule has 0 heterocycles. The Kier molecular flexibility index (Phi) is 5.99. The van der Waals surface area contributed by atoms with Crippen LogP contribution in [0.3, 0.4) is 0 Å². The van der Waals surface area contributed by atoms with Gasteiger partial charge in [0.05, 0.1) is 12.0 Å². The summed E-state index contributed by atoms with van der Waals surface area (Å²) < 4.78 is 5.52. The molecule has 0 aliphatic heterocycles. The molecule has 0 spiro atoms. The number of ether oxygens (including phenoxy) is 1. The first kappa shape index (κ1) is 14.8. The summed E-state index contributed by atoms with van der Waals surface area (Å²) in [4.78, 5) is 11.7. The minimum atomic E-state index is -0.512. The fraction of sp³-hybridized carbons (Fsp3) is 0.500. The van der Waals surface area contributed by atoms with Gasteiger partial charge in [0, 0.05) is 12.4 Å². The number of nitrogens with one attached hydrogen (secondary N) is 1. The minimum absolute atomic E-state index is 0.0165. The van der Waals surface area contributed by atoms with Crippen molar-refractivity contribution in [2.75, 3.05) is 19.0 Å². The molecular formula is C14H20ClNO2. The van der Waals surface area contributed by atoms with Gasteiger partial charge in [-0.3, -0.25) is 4.79 Å². The number of amides is 1. The van der Waals surface area contributed by atoms with Crippen molar-refractivity contribution in [3.63, 3.8) is 0 Å². The van der Waals surface area contributed by atoms with Gasteiger partial charge in [-0.15, -0.1) is 11.6 Å². The highest BCUT2D eigenvalue weighted by Crippen LogP contribution is 2.16. The molecule has 1 rings (SSSR count). The second-order valence-electron chi connectivity index (χ2n) is 4.79. The second-order valence-corrected chi connectivity index (χ2v) is 5.06. The van der Waals surface area contributed by atoms with Gasteiger partial charge in [0.25, 0.3) is 0 Å². The number of rotatable bonds is 7. The summed E-state index contributed by atoms with van der Waals surface area (Å²) in [6.45, 7) is 4.85. The Morgan fingerprint density at radius 1 is 1.33 bits per heavy atom. The Morgan fingerprint density at radius 2 is 2.00 bits per heavy atom. The van der Waals surface area contributed by atoms with E-state index in [1.807, 2.05) is 44.2 Å². The van der Waals surface area contributed by atoms with E-state index in [1.165, 1.54) is 0 Å². The highest BCUT2D eigenvalue weighted by molar-refractivity contribution is 6.19. The van der Waals surface area contributed by atoms with Crippen molar-refractivity contribution in [2.45, 2.75) is 20.3 Å². The number of carbonyl (C=O) groups excluding carboxylic acids is 1. The van der Waals surface area contributed by atoms with Gasteiger partial charge in [-0.2, -0.15) is 0 Å². The minimum Gasteiger partial charge on any atom is -0.494 e. The standard InChI is InChI=1S/C14H20ClNO2/c1-14(2,11-15)13(17)16-9-6-10-18-12-7-4-3-5-8-12/h3-5,7-8H,6,9-11H2,1-2H3,(H,16,17). The van der Waals surface area contributed by atoms with Crippen molar-refractivity contribution in [1.29, 1.82) is 0 Å². The lowest BCUT2D eigenvalue weighted by Crippen LogP contribution is -2.38. The first-order valence-electron chi connectivity index (χ1n) is 6.08. The molecule has 0 saturated carbocycles. The summed E-state index contributed by atoms with van der Waals surface area (Å²) in [5.41, 5.74) is -0.512. The molecule has 1 amide bonds. The van der Waals surface area contributed by atoms with Crippen LogP contribution in [0.2, 0.25) is 0 Å². The summed E-state index contributed by atoms with van der Waals surface area (Å²) >= 11 is 5.72.